The highest BCUT2D eigenvalue weighted by molar-refractivity contribution is 5.85. The molecule has 0 saturated heterocycles. The summed E-state index contributed by atoms with van der Waals surface area (Å²) in [6.45, 7) is 2.58. The summed E-state index contributed by atoms with van der Waals surface area (Å²) in [6.07, 6.45) is 1.65. The number of ether oxygens (including phenoxy) is 1. The molecule has 2 aromatic heterocycles. The first-order valence-corrected chi connectivity index (χ1v) is 6.27. The highest BCUT2D eigenvalue weighted by atomic mass is 16.5. The number of aromatic amines is 1. The van der Waals surface area contributed by atoms with E-state index in [2.05, 4.69) is 15.4 Å². The Kier molecular flexibility index (Phi) is 3.12. The average Bonchev–Trinajstić information content (AvgIpc) is 3.09. The molecule has 0 aliphatic heterocycles. The zero-order valence-electron chi connectivity index (χ0n) is 11.0. The van der Waals surface area contributed by atoms with Crippen LogP contribution in [0.3, 0.4) is 0 Å². The molecule has 0 spiro atoms. The van der Waals surface area contributed by atoms with E-state index in [1.165, 1.54) is 0 Å². The number of H-pyrrole nitrogens is 1. The maximum atomic E-state index is 5.88. The summed E-state index contributed by atoms with van der Waals surface area (Å²) in [4.78, 5) is 0. The van der Waals surface area contributed by atoms with Crippen molar-refractivity contribution in [3.8, 4) is 28.3 Å². The van der Waals surface area contributed by atoms with E-state index in [1.54, 1.807) is 6.20 Å². The van der Waals surface area contributed by atoms with Crippen LogP contribution in [0, 0.1) is 0 Å². The second-order valence-electron chi connectivity index (χ2n) is 4.20. The fourth-order valence-electron chi connectivity index (χ4n) is 2.04. The van der Waals surface area contributed by atoms with Crippen LogP contribution in [-0.2, 0) is 0 Å². The van der Waals surface area contributed by atoms with E-state index in [0.717, 1.165) is 22.6 Å². The molecular formula is C14H14N4O2. The molecule has 0 aliphatic carbocycles. The molecule has 2 heterocycles. The maximum absolute atomic E-state index is 5.88. The Morgan fingerprint density at radius 2 is 2.05 bits per heavy atom. The molecule has 0 saturated carbocycles. The van der Waals surface area contributed by atoms with Gasteiger partial charge in [0.05, 0.1) is 17.9 Å². The van der Waals surface area contributed by atoms with Gasteiger partial charge in [-0.05, 0) is 30.7 Å². The normalized spacial score (nSPS) is 10.7. The number of nitrogens with zero attached hydrogens (tertiary/aromatic N) is 2. The van der Waals surface area contributed by atoms with E-state index >= 15 is 0 Å². The van der Waals surface area contributed by atoms with Gasteiger partial charge >= 0.3 is 0 Å². The minimum Gasteiger partial charge on any atom is -0.494 e. The Hall–Kier alpha value is -2.76. The summed E-state index contributed by atoms with van der Waals surface area (Å²) < 4.78 is 10.5. The molecule has 102 valence electrons. The molecule has 3 N–H and O–H groups in total. The molecule has 0 radical (unpaired) electrons. The Labute approximate surface area is 115 Å². The maximum Gasteiger partial charge on any atom is 0.230 e. The smallest absolute Gasteiger partial charge is 0.230 e. The van der Waals surface area contributed by atoms with Crippen molar-refractivity contribution in [2.24, 2.45) is 0 Å². The van der Waals surface area contributed by atoms with Crippen molar-refractivity contribution in [2.45, 2.75) is 6.92 Å². The van der Waals surface area contributed by atoms with E-state index < -0.39 is 0 Å². The highest BCUT2D eigenvalue weighted by Gasteiger charge is 2.18. The Morgan fingerprint density at radius 3 is 2.70 bits per heavy atom. The van der Waals surface area contributed by atoms with Gasteiger partial charge in [-0.2, -0.15) is 5.10 Å². The molecule has 0 amide bonds. The van der Waals surface area contributed by atoms with Gasteiger partial charge in [-0.1, -0.05) is 17.3 Å². The van der Waals surface area contributed by atoms with Crippen LogP contribution in [-0.4, -0.2) is 22.0 Å². The van der Waals surface area contributed by atoms with Gasteiger partial charge in [0.2, 0.25) is 5.88 Å². The average molecular weight is 270 g/mol. The van der Waals surface area contributed by atoms with Crippen LogP contribution < -0.4 is 10.5 Å². The van der Waals surface area contributed by atoms with Gasteiger partial charge in [0.25, 0.3) is 0 Å². The zero-order chi connectivity index (χ0) is 13.9. The summed E-state index contributed by atoms with van der Waals surface area (Å²) >= 11 is 0. The monoisotopic (exact) mass is 270 g/mol. The van der Waals surface area contributed by atoms with Crippen molar-refractivity contribution in [1.82, 2.24) is 15.4 Å². The molecule has 0 aliphatic rings. The third kappa shape index (κ3) is 2.11. The molecule has 0 fully saturated rings. The minimum absolute atomic E-state index is 0.277. The van der Waals surface area contributed by atoms with Gasteiger partial charge in [0.1, 0.15) is 11.4 Å². The van der Waals surface area contributed by atoms with Gasteiger partial charge in [0, 0.05) is 6.20 Å². The van der Waals surface area contributed by atoms with Crippen LogP contribution in [0.5, 0.6) is 5.75 Å². The number of aromatic nitrogens is 3. The predicted octanol–water partition coefficient (Wildman–Crippen LogP) is 2.71. The largest absolute Gasteiger partial charge is 0.494 e. The Morgan fingerprint density at radius 1 is 1.25 bits per heavy atom. The van der Waals surface area contributed by atoms with Crippen molar-refractivity contribution in [2.75, 3.05) is 12.3 Å². The molecule has 0 unspecified atom stereocenters. The molecule has 0 atom stereocenters. The fourth-order valence-corrected chi connectivity index (χ4v) is 2.04. The number of hydrogen-bond acceptors (Lipinski definition) is 5. The van der Waals surface area contributed by atoms with Crippen LogP contribution in [0.1, 0.15) is 6.92 Å². The summed E-state index contributed by atoms with van der Waals surface area (Å²) in [5.74, 6) is 1.09. The topological polar surface area (TPSA) is 90.0 Å². The first-order valence-electron chi connectivity index (χ1n) is 6.27. The summed E-state index contributed by atoms with van der Waals surface area (Å²) in [7, 11) is 0. The Bertz CT molecular complexity index is 687. The molecule has 6 heteroatoms. The van der Waals surface area contributed by atoms with E-state index in [-0.39, 0.29) is 5.88 Å². The molecule has 3 aromatic rings. The zero-order valence-corrected chi connectivity index (χ0v) is 11.0. The third-order valence-electron chi connectivity index (χ3n) is 2.93. The summed E-state index contributed by atoms with van der Waals surface area (Å²) in [6, 6.07) is 9.45. The van der Waals surface area contributed by atoms with Crippen molar-refractivity contribution in [3.63, 3.8) is 0 Å². The van der Waals surface area contributed by atoms with Crippen LogP contribution in [0.15, 0.2) is 41.1 Å². The standard InChI is InChI=1S/C14H14N4O2/c1-2-19-10-5-3-9(4-6-10)12-13(18-20-14(12)15)11-7-8-16-17-11/h3-8H,2,15H2,1H3,(H,16,17). The van der Waals surface area contributed by atoms with Crippen molar-refractivity contribution < 1.29 is 9.26 Å². The number of benzene rings is 1. The van der Waals surface area contributed by atoms with Crippen molar-refractivity contribution >= 4 is 5.88 Å². The van der Waals surface area contributed by atoms with Gasteiger partial charge in [0.15, 0.2) is 0 Å². The van der Waals surface area contributed by atoms with Gasteiger partial charge < -0.3 is 15.0 Å². The summed E-state index contributed by atoms with van der Waals surface area (Å²) in [5, 5.41) is 10.8. The number of nitrogen functional groups attached to an aromatic ring is 1. The minimum atomic E-state index is 0.277. The van der Waals surface area contributed by atoms with Gasteiger partial charge in [-0.3, -0.25) is 5.10 Å². The second kappa shape index (κ2) is 5.08. The van der Waals surface area contributed by atoms with Crippen LogP contribution >= 0.6 is 0 Å². The highest BCUT2D eigenvalue weighted by Crippen LogP contribution is 2.35. The first kappa shape index (κ1) is 12.3. The van der Waals surface area contributed by atoms with Crippen LogP contribution in [0.4, 0.5) is 5.88 Å². The SMILES string of the molecule is CCOc1ccc(-c2c(-c3ccn[nH]3)noc2N)cc1. The quantitative estimate of drug-likeness (QED) is 0.760. The first-order chi connectivity index (χ1) is 9.79. The lowest BCUT2D eigenvalue weighted by atomic mass is 10.0. The predicted molar refractivity (Wildman–Crippen MR) is 75.1 cm³/mol. The molecule has 0 bridgehead atoms. The summed E-state index contributed by atoms with van der Waals surface area (Å²) in [5.41, 5.74) is 8.94. The third-order valence-corrected chi connectivity index (χ3v) is 2.93. The molecule has 6 nitrogen and oxygen atoms in total. The number of nitrogens with one attached hydrogen (secondary N) is 1. The van der Waals surface area contributed by atoms with Crippen molar-refractivity contribution in [3.05, 3.63) is 36.5 Å². The van der Waals surface area contributed by atoms with Gasteiger partial charge in [-0.15, -0.1) is 0 Å². The fraction of sp³-hybridized carbons (Fsp3) is 0.143. The lowest BCUT2D eigenvalue weighted by Gasteiger charge is -2.05. The number of anilines is 1. The number of rotatable bonds is 4. The number of nitrogens with two attached hydrogens (primary N) is 1. The molecule has 20 heavy (non-hydrogen) atoms. The molecular weight excluding hydrogens is 256 g/mol. The van der Waals surface area contributed by atoms with Gasteiger partial charge in [-0.25, -0.2) is 0 Å². The van der Waals surface area contributed by atoms with Crippen LogP contribution in [0.2, 0.25) is 0 Å². The van der Waals surface area contributed by atoms with E-state index in [9.17, 15) is 0 Å². The lowest BCUT2D eigenvalue weighted by Crippen LogP contribution is -1.92. The lowest BCUT2D eigenvalue weighted by molar-refractivity contribution is 0.340. The van der Waals surface area contributed by atoms with E-state index in [4.69, 9.17) is 15.0 Å². The number of hydrogen-bond donors (Lipinski definition) is 2. The van der Waals surface area contributed by atoms with E-state index in [0.29, 0.717) is 12.3 Å². The van der Waals surface area contributed by atoms with Crippen molar-refractivity contribution in [1.29, 1.82) is 0 Å². The van der Waals surface area contributed by atoms with E-state index in [1.807, 2.05) is 37.3 Å². The second-order valence-corrected chi connectivity index (χ2v) is 4.20. The molecule has 3 rings (SSSR count). The Balaban J connectivity index is 2.03. The molecule has 1 aromatic carbocycles. The van der Waals surface area contributed by atoms with Crippen LogP contribution in [0.25, 0.3) is 22.5 Å².